The molecule has 5 heteroatoms. The van der Waals surface area contributed by atoms with Crippen LogP contribution in [0, 0.1) is 5.92 Å². The predicted molar refractivity (Wildman–Crippen MR) is 71.6 cm³/mol. The van der Waals surface area contributed by atoms with E-state index in [2.05, 4.69) is 10.6 Å². The molecule has 0 bridgehead atoms. The third-order valence-corrected chi connectivity index (χ3v) is 2.82. The summed E-state index contributed by atoms with van der Waals surface area (Å²) in [6.45, 7) is 7.05. The number of piperidine rings is 1. The molecule has 0 aromatic carbocycles. The van der Waals surface area contributed by atoms with Gasteiger partial charge in [-0.25, -0.2) is 0 Å². The summed E-state index contributed by atoms with van der Waals surface area (Å²) in [7, 11) is 0. The highest BCUT2D eigenvalue weighted by atomic mass is 35.5. The zero-order valence-electron chi connectivity index (χ0n) is 10.8. The van der Waals surface area contributed by atoms with Crippen LogP contribution >= 0.6 is 12.4 Å². The van der Waals surface area contributed by atoms with Crippen molar-refractivity contribution < 1.29 is 9.53 Å². The Labute approximate surface area is 110 Å². The largest absolute Gasteiger partial charge is 0.369 e. The van der Waals surface area contributed by atoms with Crippen molar-refractivity contribution in [2.45, 2.75) is 39.2 Å². The fraction of sp³-hybridized carbons (Fsp3) is 0.917. The summed E-state index contributed by atoms with van der Waals surface area (Å²) in [5.74, 6) is 0.720. The maximum Gasteiger partial charge on any atom is 0.246 e. The molecule has 0 radical (unpaired) electrons. The number of hydrogen-bond donors (Lipinski definition) is 2. The van der Waals surface area contributed by atoms with E-state index in [9.17, 15) is 4.79 Å². The molecule has 1 aliphatic rings. The third-order valence-electron chi connectivity index (χ3n) is 2.82. The quantitative estimate of drug-likeness (QED) is 0.761. The molecular formula is C12H25ClN2O2. The van der Waals surface area contributed by atoms with Crippen molar-refractivity contribution in [3.63, 3.8) is 0 Å². The van der Waals surface area contributed by atoms with E-state index < -0.39 is 0 Å². The van der Waals surface area contributed by atoms with Crippen molar-refractivity contribution in [1.29, 1.82) is 0 Å². The van der Waals surface area contributed by atoms with Gasteiger partial charge < -0.3 is 15.4 Å². The Balaban J connectivity index is 0.00000256. The second-order valence-corrected chi connectivity index (χ2v) is 4.71. The monoisotopic (exact) mass is 264 g/mol. The van der Waals surface area contributed by atoms with Crippen LogP contribution in [0.4, 0.5) is 0 Å². The molecule has 1 heterocycles. The van der Waals surface area contributed by atoms with Crippen LogP contribution in [0.3, 0.4) is 0 Å². The van der Waals surface area contributed by atoms with Gasteiger partial charge in [0.25, 0.3) is 0 Å². The fourth-order valence-electron chi connectivity index (χ4n) is 1.88. The number of nitrogens with one attached hydrogen (secondary N) is 2. The van der Waals surface area contributed by atoms with Gasteiger partial charge in [-0.15, -0.1) is 12.4 Å². The summed E-state index contributed by atoms with van der Waals surface area (Å²) in [6, 6.07) is 0. The summed E-state index contributed by atoms with van der Waals surface area (Å²) in [5, 5.41) is 6.27. The molecule has 0 aliphatic carbocycles. The second kappa shape index (κ2) is 9.68. The minimum Gasteiger partial charge on any atom is -0.369 e. The Morgan fingerprint density at radius 1 is 1.53 bits per heavy atom. The number of carbonyl (C=O) groups is 1. The molecule has 4 nitrogen and oxygen atoms in total. The minimum absolute atomic E-state index is 0. The lowest BCUT2D eigenvalue weighted by atomic mass is 9.96. The van der Waals surface area contributed by atoms with Crippen molar-refractivity contribution in [3.05, 3.63) is 0 Å². The van der Waals surface area contributed by atoms with Gasteiger partial charge >= 0.3 is 0 Å². The molecule has 0 spiro atoms. The van der Waals surface area contributed by atoms with Crippen LogP contribution in [0.5, 0.6) is 0 Å². The Morgan fingerprint density at radius 3 is 2.88 bits per heavy atom. The van der Waals surface area contributed by atoms with E-state index in [0.29, 0.717) is 0 Å². The van der Waals surface area contributed by atoms with Crippen LogP contribution in [-0.2, 0) is 9.53 Å². The van der Waals surface area contributed by atoms with Gasteiger partial charge in [-0.2, -0.15) is 0 Å². The number of rotatable bonds is 6. The van der Waals surface area contributed by atoms with Crippen molar-refractivity contribution in [2.24, 2.45) is 5.92 Å². The van der Waals surface area contributed by atoms with Gasteiger partial charge in [0.1, 0.15) is 6.61 Å². The molecule has 0 aromatic rings. The highest BCUT2D eigenvalue weighted by Gasteiger charge is 2.12. The Bertz CT molecular complexity index is 207. The molecule has 0 aromatic heterocycles. The van der Waals surface area contributed by atoms with Crippen molar-refractivity contribution in [3.8, 4) is 0 Å². The standard InChI is InChI=1S/C12H24N2O2.ClH/c1-10(2)16-9-12(15)14-7-5-11-4-3-6-13-8-11;/h10-11,13H,3-9H2,1-2H3,(H,14,15);1H. The Kier molecular flexibility index (Phi) is 9.50. The van der Waals surface area contributed by atoms with Gasteiger partial charge in [0.15, 0.2) is 0 Å². The Hall–Kier alpha value is -0.320. The van der Waals surface area contributed by atoms with E-state index >= 15 is 0 Å². The smallest absolute Gasteiger partial charge is 0.246 e. The van der Waals surface area contributed by atoms with Crippen LogP contribution in [0.2, 0.25) is 0 Å². The summed E-state index contributed by atoms with van der Waals surface area (Å²) >= 11 is 0. The topological polar surface area (TPSA) is 50.4 Å². The molecule has 1 aliphatic heterocycles. The molecule has 1 atom stereocenters. The molecular weight excluding hydrogens is 240 g/mol. The van der Waals surface area contributed by atoms with Crippen molar-refractivity contribution in [1.82, 2.24) is 10.6 Å². The fourth-order valence-corrected chi connectivity index (χ4v) is 1.88. The molecule has 17 heavy (non-hydrogen) atoms. The summed E-state index contributed by atoms with van der Waals surface area (Å²) in [5.41, 5.74) is 0. The maximum atomic E-state index is 11.3. The number of halogens is 1. The van der Waals surface area contributed by atoms with Crippen LogP contribution in [-0.4, -0.2) is 38.3 Å². The highest BCUT2D eigenvalue weighted by molar-refractivity contribution is 5.85. The number of carbonyl (C=O) groups excluding carboxylic acids is 1. The third kappa shape index (κ3) is 8.41. The molecule has 2 N–H and O–H groups in total. The molecule has 1 rings (SSSR count). The normalized spacial score (nSPS) is 19.8. The first-order chi connectivity index (χ1) is 7.68. The van der Waals surface area contributed by atoms with Gasteiger partial charge in [0, 0.05) is 6.54 Å². The minimum atomic E-state index is -0.00234. The van der Waals surface area contributed by atoms with E-state index in [1.807, 2.05) is 13.8 Å². The molecule has 1 amide bonds. The maximum absolute atomic E-state index is 11.3. The summed E-state index contributed by atoms with van der Waals surface area (Å²) in [6.07, 6.45) is 3.73. The van der Waals surface area contributed by atoms with Gasteiger partial charge in [-0.3, -0.25) is 4.79 Å². The van der Waals surface area contributed by atoms with Gasteiger partial charge in [-0.05, 0) is 52.1 Å². The van der Waals surface area contributed by atoms with E-state index in [-0.39, 0.29) is 31.0 Å². The molecule has 1 fully saturated rings. The van der Waals surface area contributed by atoms with E-state index in [4.69, 9.17) is 4.74 Å². The summed E-state index contributed by atoms with van der Waals surface area (Å²) in [4.78, 5) is 11.3. The number of ether oxygens (including phenoxy) is 1. The predicted octanol–water partition coefficient (Wildman–Crippen LogP) is 1.34. The van der Waals surface area contributed by atoms with E-state index in [0.717, 1.165) is 32.0 Å². The van der Waals surface area contributed by atoms with E-state index in [1.165, 1.54) is 12.8 Å². The lowest BCUT2D eigenvalue weighted by Crippen LogP contribution is -2.34. The SMILES string of the molecule is CC(C)OCC(=O)NCCC1CCCNC1.Cl. The molecule has 1 saturated heterocycles. The van der Waals surface area contributed by atoms with E-state index in [1.54, 1.807) is 0 Å². The average molecular weight is 265 g/mol. The van der Waals surface area contributed by atoms with Gasteiger partial charge in [-0.1, -0.05) is 0 Å². The second-order valence-electron chi connectivity index (χ2n) is 4.71. The van der Waals surface area contributed by atoms with Gasteiger partial charge in [0.05, 0.1) is 6.10 Å². The first-order valence-corrected chi connectivity index (χ1v) is 6.27. The lowest BCUT2D eigenvalue weighted by Gasteiger charge is -2.22. The van der Waals surface area contributed by atoms with Crippen LogP contribution in [0.15, 0.2) is 0 Å². The summed E-state index contributed by atoms with van der Waals surface area (Å²) < 4.78 is 5.22. The number of hydrogen-bond acceptors (Lipinski definition) is 3. The number of amides is 1. The van der Waals surface area contributed by atoms with Crippen LogP contribution < -0.4 is 10.6 Å². The zero-order valence-corrected chi connectivity index (χ0v) is 11.6. The average Bonchev–Trinajstić information content (AvgIpc) is 2.28. The molecule has 102 valence electrons. The first kappa shape index (κ1) is 16.7. The first-order valence-electron chi connectivity index (χ1n) is 6.27. The van der Waals surface area contributed by atoms with Crippen LogP contribution in [0.1, 0.15) is 33.1 Å². The zero-order chi connectivity index (χ0) is 11.8. The highest BCUT2D eigenvalue weighted by Crippen LogP contribution is 2.12. The molecule has 0 saturated carbocycles. The lowest BCUT2D eigenvalue weighted by molar-refractivity contribution is -0.127. The van der Waals surface area contributed by atoms with Crippen LogP contribution in [0.25, 0.3) is 0 Å². The molecule has 1 unspecified atom stereocenters. The van der Waals surface area contributed by atoms with Gasteiger partial charge in [0.2, 0.25) is 5.91 Å². The Morgan fingerprint density at radius 2 is 2.29 bits per heavy atom. The van der Waals surface area contributed by atoms with Crippen molar-refractivity contribution in [2.75, 3.05) is 26.2 Å². The van der Waals surface area contributed by atoms with Crippen molar-refractivity contribution >= 4 is 18.3 Å².